The van der Waals surface area contributed by atoms with Crippen LogP contribution < -0.4 is 5.32 Å². The SMILES string of the molecule is CCOC(=O)c1c(-c2ccc(C)cc2)csc1NC(=O)C(CC)CC. The maximum absolute atomic E-state index is 12.5. The molecular weight excluding hydrogens is 334 g/mol. The molecule has 1 heterocycles. The van der Waals surface area contributed by atoms with E-state index >= 15 is 0 Å². The molecule has 0 fully saturated rings. The Labute approximate surface area is 153 Å². The van der Waals surface area contributed by atoms with E-state index in [9.17, 15) is 9.59 Å². The predicted molar refractivity (Wildman–Crippen MR) is 103 cm³/mol. The Morgan fingerprint density at radius 3 is 2.32 bits per heavy atom. The standard InChI is InChI=1S/C20H25NO3S/c1-5-14(6-2)18(22)21-19-17(20(23)24-7-3)16(12-25-19)15-10-8-13(4)9-11-15/h8-12,14H,5-7H2,1-4H3,(H,21,22). The smallest absolute Gasteiger partial charge is 0.341 e. The van der Waals surface area contributed by atoms with Crippen LogP contribution in [-0.2, 0) is 9.53 Å². The molecule has 4 nitrogen and oxygen atoms in total. The molecule has 2 aromatic rings. The van der Waals surface area contributed by atoms with Crippen molar-refractivity contribution in [2.24, 2.45) is 5.92 Å². The number of amides is 1. The molecule has 0 aliphatic heterocycles. The summed E-state index contributed by atoms with van der Waals surface area (Å²) in [6.07, 6.45) is 1.54. The number of ether oxygens (including phenoxy) is 1. The second-order valence-electron chi connectivity index (χ2n) is 5.94. The fourth-order valence-corrected chi connectivity index (χ4v) is 3.64. The van der Waals surface area contributed by atoms with Gasteiger partial charge in [-0.15, -0.1) is 11.3 Å². The van der Waals surface area contributed by atoms with Gasteiger partial charge in [-0.1, -0.05) is 43.7 Å². The Balaban J connectivity index is 2.41. The molecule has 0 unspecified atom stereocenters. The van der Waals surface area contributed by atoms with Gasteiger partial charge in [0.15, 0.2) is 0 Å². The van der Waals surface area contributed by atoms with Gasteiger partial charge in [0.1, 0.15) is 10.6 Å². The average Bonchev–Trinajstić information content (AvgIpc) is 3.00. The van der Waals surface area contributed by atoms with E-state index in [1.54, 1.807) is 6.92 Å². The molecule has 134 valence electrons. The minimum absolute atomic E-state index is 0.0483. The van der Waals surface area contributed by atoms with Crippen LogP contribution >= 0.6 is 11.3 Å². The third-order valence-electron chi connectivity index (χ3n) is 4.23. The molecule has 0 atom stereocenters. The van der Waals surface area contributed by atoms with Gasteiger partial charge in [0.2, 0.25) is 5.91 Å². The van der Waals surface area contributed by atoms with Crippen molar-refractivity contribution in [1.29, 1.82) is 0 Å². The minimum Gasteiger partial charge on any atom is -0.462 e. The molecule has 0 saturated carbocycles. The number of carbonyl (C=O) groups excluding carboxylic acids is 2. The van der Waals surface area contributed by atoms with Crippen LogP contribution in [0.1, 0.15) is 49.5 Å². The fourth-order valence-electron chi connectivity index (χ4n) is 2.67. The normalized spacial score (nSPS) is 10.8. The van der Waals surface area contributed by atoms with Gasteiger partial charge in [-0.2, -0.15) is 0 Å². The summed E-state index contributed by atoms with van der Waals surface area (Å²) in [6.45, 7) is 8.07. The molecule has 0 aliphatic rings. The van der Waals surface area contributed by atoms with Crippen molar-refractivity contribution in [3.05, 3.63) is 40.8 Å². The van der Waals surface area contributed by atoms with E-state index in [0.717, 1.165) is 29.5 Å². The fraction of sp³-hybridized carbons (Fsp3) is 0.400. The second kappa shape index (κ2) is 8.81. The Bertz CT molecular complexity index is 730. The average molecular weight is 359 g/mol. The van der Waals surface area contributed by atoms with E-state index in [1.165, 1.54) is 11.3 Å². The molecule has 2 rings (SSSR count). The zero-order valence-electron chi connectivity index (χ0n) is 15.2. The number of thiophene rings is 1. The van der Waals surface area contributed by atoms with Gasteiger partial charge >= 0.3 is 5.97 Å². The summed E-state index contributed by atoms with van der Waals surface area (Å²) in [5, 5.41) is 5.40. The highest BCUT2D eigenvalue weighted by Crippen LogP contribution is 2.36. The first kappa shape index (κ1) is 19.2. The number of aryl methyl sites for hydroxylation is 1. The third kappa shape index (κ3) is 4.48. The number of benzene rings is 1. The largest absolute Gasteiger partial charge is 0.462 e. The number of esters is 1. The van der Waals surface area contributed by atoms with Crippen LogP contribution in [-0.4, -0.2) is 18.5 Å². The van der Waals surface area contributed by atoms with Crippen LogP contribution in [0.15, 0.2) is 29.6 Å². The Morgan fingerprint density at radius 2 is 1.76 bits per heavy atom. The minimum atomic E-state index is -0.404. The van der Waals surface area contributed by atoms with Crippen molar-refractivity contribution >= 4 is 28.2 Å². The predicted octanol–water partition coefficient (Wildman–Crippen LogP) is 5.27. The molecular formula is C20H25NO3S. The summed E-state index contributed by atoms with van der Waals surface area (Å²) in [6, 6.07) is 7.97. The molecule has 5 heteroatoms. The van der Waals surface area contributed by atoms with E-state index in [2.05, 4.69) is 5.32 Å². The number of anilines is 1. The van der Waals surface area contributed by atoms with Gasteiger partial charge < -0.3 is 10.1 Å². The lowest BCUT2D eigenvalue weighted by molar-refractivity contribution is -0.120. The summed E-state index contributed by atoms with van der Waals surface area (Å²) in [5.41, 5.74) is 3.32. The molecule has 0 bridgehead atoms. The van der Waals surface area contributed by atoms with Crippen molar-refractivity contribution in [3.63, 3.8) is 0 Å². The molecule has 0 radical (unpaired) electrons. The van der Waals surface area contributed by atoms with E-state index in [0.29, 0.717) is 17.2 Å². The Morgan fingerprint density at radius 1 is 1.12 bits per heavy atom. The Hall–Kier alpha value is -2.14. The molecule has 1 aromatic heterocycles. The number of hydrogen-bond acceptors (Lipinski definition) is 4. The van der Waals surface area contributed by atoms with Crippen molar-refractivity contribution in [3.8, 4) is 11.1 Å². The maximum Gasteiger partial charge on any atom is 0.341 e. The van der Waals surface area contributed by atoms with Crippen molar-refractivity contribution in [1.82, 2.24) is 0 Å². The van der Waals surface area contributed by atoms with Gasteiger partial charge in [-0.25, -0.2) is 4.79 Å². The van der Waals surface area contributed by atoms with Crippen LogP contribution in [0.2, 0.25) is 0 Å². The summed E-state index contributed by atoms with van der Waals surface area (Å²) < 4.78 is 5.22. The zero-order chi connectivity index (χ0) is 18.4. The highest BCUT2D eigenvalue weighted by Gasteiger charge is 2.24. The highest BCUT2D eigenvalue weighted by atomic mass is 32.1. The monoisotopic (exact) mass is 359 g/mol. The van der Waals surface area contributed by atoms with E-state index < -0.39 is 5.97 Å². The van der Waals surface area contributed by atoms with E-state index in [-0.39, 0.29) is 11.8 Å². The molecule has 25 heavy (non-hydrogen) atoms. The lowest BCUT2D eigenvalue weighted by Gasteiger charge is -2.13. The van der Waals surface area contributed by atoms with Crippen LogP contribution in [0.25, 0.3) is 11.1 Å². The zero-order valence-corrected chi connectivity index (χ0v) is 16.0. The van der Waals surface area contributed by atoms with Crippen LogP contribution in [0.5, 0.6) is 0 Å². The van der Waals surface area contributed by atoms with Crippen LogP contribution in [0, 0.1) is 12.8 Å². The summed E-state index contributed by atoms with van der Waals surface area (Å²) in [4.78, 5) is 25.0. The summed E-state index contributed by atoms with van der Waals surface area (Å²) in [5.74, 6) is -0.507. The van der Waals surface area contributed by atoms with Gasteiger partial charge in [-0.05, 0) is 32.3 Å². The first-order valence-corrected chi connectivity index (χ1v) is 9.56. The molecule has 1 amide bonds. The number of hydrogen-bond donors (Lipinski definition) is 1. The second-order valence-corrected chi connectivity index (χ2v) is 6.82. The molecule has 1 N–H and O–H groups in total. The Kier molecular flexibility index (Phi) is 6.76. The quantitative estimate of drug-likeness (QED) is 0.685. The van der Waals surface area contributed by atoms with Crippen LogP contribution in [0.4, 0.5) is 5.00 Å². The molecule has 1 aromatic carbocycles. The summed E-state index contributed by atoms with van der Waals surface area (Å²) in [7, 11) is 0. The van der Waals surface area contributed by atoms with Gasteiger partial charge in [0, 0.05) is 16.9 Å². The number of carbonyl (C=O) groups is 2. The molecule has 0 spiro atoms. The lowest BCUT2D eigenvalue weighted by Crippen LogP contribution is -2.22. The van der Waals surface area contributed by atoms with Gasteiger partial charge in [-0.3, -0.25) is 4.79 Å². The van der Waals surface area contributed by atoms with Gasteiger partial charge in [0.25, 0.3) is 0 Å². The molecule has 0 saturated heterocycles. The summed E-state index contributed by atoms with van der Waals surface area (Å²) >= 11 is 1.36. The molecule has 0 aliphatic carbocycles. The number of nitrogens with one attached hydrogen (secondary N) is 1. The third-order valence-corrected chi connectivity index (χ3v) is 5.12. The highest BCUT2D eigenvalue weighted by molar-refractivity contribution is 7.15. The topological polar surface area (TPSA) is 55.4 Å². The van der Waals surface area contributed by atoms with Crippen molar-refractivity contribution in [2.45, 2.75) is 40.5 Å². The first-order valence-electron chi connectivity index (χ1n) is 8.68. The van der Waals surface area contributed by atoms with Crippen LogP contribution in [0.3, 0.4) is 0 Å². The first-order chi connectivity index (χ1) is 12.0. The maximum atomic E-state index is 12.5. The van der Waals surface area contributed by atoms with E-state index in [1.807, 2.05) is 50.4 Å². The van der Waals surface area contributed by atoms with Gasteiger partial charge in [0.05, 0.1) is 6.61 Å². The van der Waals surface area contributed by atoms with E-state index in [4.69, 9.17) is 4.74 Å². The van der Waals surface area contributed by atoms with Crippen molar-refractivity contribution < 1.29 is 14.3 Å². The lowest BCUT2D eigenvalue weighted by atomic mass is 10.0. The number of rotatable bonds is 7. The van der Waals surface area contributed by atoms with Crippen molar-refractivity contribution in [2.75, 3.05) is 11.9 Å².